The molecule has 1 aliphatic heterocycles. The van der Waals surface area contributed by atoms with Crippen molar-refractivity contribution in [3.05, 3.63) is 57.9 Å². The van der Waals surface area contributed by atoms with Crippen LogP contribution in [0.2, 0.25) is 0 Å². The van der Waals surface area contributed by atoms with Crippen molar-refractivity contribution in [1.29, 1.82) is 0 Å². The number of nitrogens with zero attached hydrogens (tertiary/aromatic N) is 3. The highest BCUT2D eigenvalue weighted by molar-refractivity contribution is 5.80. The Balaban J connectivity index is 1.87. The molecule has 0 bridgehead atoms. The summed E-state index contributed by atoms with van der Waals surface area (Å²) in [5.74, 6) is 1.56. The number of aryl methyl sites for hydroxylation is 1. The van der Waals surface area contributed by atoms with Gasteiger partial charge in [-0.25, -0.2) is 4.98 Å². The van der Waals surface area contributed by atoms with Gasteiger partial charge in [-0.15, -0.1) is 0 Å². The van der Waals surface area contributed by atoms with E-state index in [4.69, 9.17) is 9.72 Å². The number of benzene rings is 1. The van der Waals surface area contributed by atoms with Gasteiger partial charge in [0, 0.05) is 26.2 Å². The maximum atomic E-state index is 13.6. The molecule has 4 rings (SSSR count). The first kappa shape index (κ1) is 18.9. The third-order valence-corrected chi connectivity index (χ3v) is 5.30. The molecular formula is C22H28N4O2. The monoisotopic (exact) mass is 380 g/mol. The van der Waals surface area contributed by atoms with Crippen molar-refractivity contribution >= 4 is 16.6 Å². The summed E-state index contributed by atoms with van der Waals surface area (Å²) in [6.45, 7) is 9.03. The molecule has 0 spiro atoms. The summed E-state index contributed by atoms with van der Waals surface area (Å²) in [5.41, 5.74) is 2.64. The minimum Gasteiger partial charge on any atom is -0.492 e. The van der Waals surface area contributed by atoms with Crippen molar-refractivity contribution in [2.24, 2.45) is 0 Å². The fraction of sp³-hybridized carbons (Fsp3) is 0.455. The minimum absolute atomic E-state index is 0.0161. The average Bonchev–Trinajstić information content (AvgIpc) is 2.71. The minimum atomic E-state index is -0.0161. The Morgan fingerprint density at radius 2 is 1.96 bits per heavy atom. The fourth-order valence-electron chi connectivity index (χ4n) is 3.90. The van der Waals surface area contributed by atoms with Gasteiger partial charge < -0.3 is 10.1 Å². The molecule has 2 aliphatic rings. The smallest absolute Gasteiger partial charge is 0.266 e. The van der Waals surface area contributed by atoms with Crippen molar-refractivity contribution in [2.75, 3.05) is 32.8 Å². The highest BCUT2D eigenvalue weighted by Gasteiger charge is 2.22. The van der Waals surface area contributed by atoms with E-state index in [-0.39, 0.29) is 5.56 Å². The van der Waals surface area contributed by atoms with Crippen molar-refractivity contribution in [1.82, 2.24) is 19.8 Å². The lowest BCUT2D eigenvalue weighted by atomic mass is 10.1. The van der Waals surface area contributed by atoms with Crippen LogP contribution in [0, 0.1) is 6.92 Å². The number of aromatic nitrogens is 2. The number of hydrogen-bond acceptors (Lipinski definition) is 5. The summed E-state index contributed by atoms with van der Waals surface area (Å²) in [5, 5.41) is 4.04. The molecule has 0 saturated carbocycles. The molecular weight excluding hydrogens is 352 g/mol. The molecule has 2 heterocycles. The van der Waals surface area contributed by atoms with E-state index in [0.29, 0.717) is 18.5 Å². The van der Waals surface area contributed by atoms with Gasteiger partial charge >= 0.3 is 0 Å². The van der Waals surface area contributed by atoms with Crippen molar-refractivity contribution in [3.8, 4) is 0 Å². The molecule has 6 nitrogen and oxygen atoms in total. The SMILES string of the molecule is CCOC1=CCCC=C1n1c(CN2CCNCC2)nc2ccc(C)cc2c1=O. The molecule has 148 valence electrons. The second-order valence-electron chi connectivity index (χ2n) is 7.38. The first-order chi connectivity index (χ1) is 13.7. The second-order valence-corrected chi connectivity index (χ2v) is 7.38. The average molecular weight is 380 g/mol. The van der Waals surface area contributed by atoms with Gasteiger partial charge in [0.25, 0.3) is 5.56 Å². The number of hydrogen-bond donors (Lipinski definition) is 1. The largest absolute Gasteiger partial charge is 0.492 e. The zero-order valence-corrected chi connectivity index (χ0v) is 16.7. The Kier molecular flexibility index (Phi) is 5.59. The van der Waals surface area contributed by atoms with Crippen molar-refractivity contribution in [2.45, 2.75) is 33.2 Å². The fourth-order valence-corrected chi connectivity index (χ4v) is 3.90. The summed E-state index contributed by atoms with van der Waals surface area (Å²) < 4.78 is 7.65. The van der Waals surface area contributed by atoms with Crippen LogP contribution in [-0.4, -0.2) is 47.2 Å². The molecule has 6 heteroatoms. The van der Waals surface area contributed by atoms with E-state index in [2.05, 4.69) is 22.4 Å². The number of rotatable bonds is 5. The molecule has 0 unspecified atom stereocenters. The second kappa shape index (κ2) is 8.29. The highest BCUT2D eigenvalue weighted by Crippen LogP contribution is 2.25. The quantitative estimate of drug-likeness (QED) is 0.864. The van der Waals surface area contributed by atoms with Gasteiger partial charge in [0.05, 0.1) is 29.8 Å². The van der Waals surface area contributed by atoms with E-state index in [9.17, 15) is 4.79 Å². The molecule has 1 aromatic heterocycles. The Hall–Kier alpha value is -2.44. The van der Waals surface area contributed by atoms with Crippen LogP contribution >= 0.6 is 0 Å². The zero-order valence-electron chi connectivity index (χ0n) is 16.7. The first-order valence-electron chi connectivity index (χ1n) is 10.2. The molecule has 2 aromatic rings. The molecule has 1 aliphatic carbocycles. The summed E-state index contributed by atoms with van der Waals surface area (Å²) in [4.78, 5) is 20.8. The van der Waals surface area contributed by atoms with Gasteiger partial charge in [0.1, 0.15) is 11.6 Å². The summed E-state index contributed by atoms with van der Waals surface area (Å²) in [6, 6.07) is 5.90. The molecule has 1 aromatic carbocycles. The number of piperazine rings is 1. The number of fused-ring (bicyclic) bond motifs is 1. The maximum absolute atomic E-state index is 13.6. The van der Waals surface area contributed by atoms with Gasteiger partial charge in [-0.05, 0) is 44.9 Å². The van der Waals surface area contributed by atoms with E-state index < -0.39 is 0 Å². The Morgan fingerprint density at radius 1 is 1.18 bits per heavy atom. The molecule has 0 amide bonds. The Morgan fingerprint density at radius 3 is 2.75 bits per heavy atom. The number of nitrogens with one attached hydrogen (secondary N) is 1. The van der Waals surface area contributed by atoms with Crippen LogP contribution in [0.5, 0.6) is 0 Å². The summed E-state index contributed by atoms with van der Waals surface area (Å²) in [6.07, 6.45) is 6.02. The van der Waals surface area contributed by atoms with Crippen LogP contribution in [0.15, 0.2) is 40.9 Å². The van der Waals surface area contributed by atoms with E-state index in [1.807, 2.05) is 32.0 Å². The third-order valence-electron chi connectivity index (χ3n) is 5.30. The third kappa shape index (κ3) is 3.75. The lowest BCUT2D eigenvalue weighted by Crippen LogP contribution is -2.44. The Bertz CT molecular complexity index is 984. The van der Waals surface area contributed by atoms with E-state index in [1.54, 1.807) is 4.57 Å². The Labute approximate surface area is 165 Å². The molecule has 28 heavy (non-hydrogen) atoms. The standard InChI is InChI=1S/C22H28N4O2/c1-3-28-20-7-5-4-6-19(20)26-21(15-25-12-10-23-11-13-25)24-18-9-8-16(2)14-17(18)22(26)27/h6-9,14,23H,3-5,10-13,15H2,1-2H3. The van der Waals surface area contributed by atoms with Gasteiger partial charge in [-0.1, -0.05) is 17.7 Å². The highest BCUT2D eigenvalue weighted by atomic mass is 16.5. The predicted octanol–water partition coefficient (Wildman–Crippen LogP) is 2.67. The maximum Gasteiger partial charge on any atom is 0.266 e. The van der Waals surface area contributed by atoms with Crippen LogP contribution in [0.3, 0.4) is 0 Å². The topological polar surface area (TPSA) is 59.4 Å². The first-order valence-corrected chi connectivity index (χ1v) is 10.2. The van der Waals surface area contributed by atoms with Crippen molar-refractivity contribution in [3.63, 3.8) is 0 Å². The normalized spacial score (nSPS) is 18.1. The summed E-state index contributed by atoms with van der Waals surface area (Å²) in [7, 11) is 0. The van der Waals surface area contributed by atoms with E-state index in [0.717, 1.165) is 67.4 Å². The van der Waals surface area contributed by atoms with Crippen LogP contribution in [0.25, 0.3) is 16.6 Å². The van der Waals surface area contributed by atoms with Crippen molar-refractivity contribution < 1.29 is 4.74 Å². The molecule has 1 saturated heterocycles. The predicted molar refractivity (Wildman–Crippen MR) is 112 cm³/mol. The summed E-state index contributed by atoms with van der Waals surface area (Å²) >= 11 is 0. The number of allylic oxidation sites excluding steroid dienone is 3. The lowest BCUT2D eigenvalue weighted by molar-refractivity contribution is 0.224. The van der Waals surface area contributed by atoms with E-state index in [1.165, 1.54) is 0 Å². The molecule has 0 atom stereocenters. The van der Waals surface area contributed by atoms with Gasteiger partial charge in [0.15, 0.2) is 0 Å². The molecule has 1 fully saturated rings. The van der Waals surface area contributed by atoms with Crippen LogP contribution in [-0.2, 0) is 11.3 Å². The van der Waals surface area contributed by atoms with Gasteiger partial charge in [-0.2, -0.15) is 0 Å². The molecule has 0 radical (unpaired) electrons. The number of ether oxygens (including phenoxy) is 1. The van der Waals surface area contributed by atoms with E-state index >= 15 is 0 Å². The van der Waals surface area contributed by atoms with Crippen LogP contribution < -0.4 is 10.9 Å². The van der Waals surface area contributed by atoms with Gasteiger partial charge in [0.2, 0.25) is 0 Å². The van der Waals surface area contributed by atoms with Gasteiger partial charge in [-0.3, -0.25) is 14.3 Å². The zero-order chi connectivity index (χ0) is 19.5. The lowest BCUT2D eigenvalue weighted by Gasteiger charge is -2.28. The van der Waals surface area contributed by atoms with Crippen LogP contribution in [0.4, 0.5) is 0 Å². The molecule has 1 N–H and O–H groups in total. The van der Waals surface area contributed by atoms with Crippen LogP contribution in [0.1, 0.15) is 31.2 Å².